The Kier molecular flexibility index (Phi) is 5.62. The molecule has 5 nitrogen and oxygen atoms in total. The number of benzene rings is 2. The summed E-state index contributed by atoms with van der Waals surface area (Å²) in [6, 6.07) is 20.3. The maximum absolute atomic E-state index is 13.2. The minimum atomic E-state index is -0.197. The second-order valence-corrected chi connectivity index (χ2v) is 8.23. The maximum atomic E-state index is 13.2. The van der Waals surface area contributed by atoms with E-state index in [9.17, 15) is 4.79 Å². The van der Waals surface area contributed by atoms with Crippen LogP contribution in [-0.4, -0.2) is 48.2 Å². The normalized spacial score (nSPS) is 17.8. The number of hydrogen-bond donors (Lipinski definition) is 0. The number of rotatable bonds is 5. The first-order valence-corrected chi connectivity index (χ1v) is 10.9. The van der Waals surface area contributed by atoms with Gasteiger partial charge in [-0.05, 0) is 34.4 Å². The predicted molar refractivity (Wildman–Crippen MR) is 119 cm³/mol. The Morgan fingerprint density at radius 1 is 1.06 bits per heavy atom. The average molecular weight is 435 g/mol. The molecule has 0 N–H and O–H groups in total. The van der Waals surface area contributed by atoms with Crippen LogP contribution in [0.5, 0.6) is 5.75 Å². The predicted octanol–water partition coefficient (Wildman–Crippen LogP) is 4.54. The lowest BCUT2D eigenvalue weighted by Crippen LogP contribution is -2.47. The lowest BCUT2D eigenvalue weighted by atomic mass is 9.93. The molecule has 0 radical (unpaired) electrons. The molecule has 1 unspecified atom stereocenters. The van der Waals surface area contributed by atoms with Crippen LogP contribution in [0.15, 0.2) is 66.9 Å². The third-order valence-corrected chi connectivity index (χ3v) is 6.27. The molecule has 6 heteroatoms. The molecule has 3 aromatic rings. The molecule has 31 heavy (non-hydrogen) atoms. The van der Waals surface area contributed by atoms with Crippen molar-refractivity contribution in [2.24, 2.45) is 0 Å². The third-order valence-electron chi connectivity index (χ3n) is 5.98. The Hall–Kier alpha value is -2.89. The molecule has 1 amide bonds. The fourth-order valence-electron chi connectivity index (χ4n) is 4.49. The van der Waals surface area contributed by atoms with E-state index < -0.39 is 0 Å². The second-order valence-electron chi connectivity index (χ2n) is 7.87. The van der Waals surface area contributed by atoms with E-state index in [1.807, 2.05) is 17.0 Å². The monoisotopic (exact) mass is 434 g/mol. The summed E-state index contributed by atoms with van der Waals surface area (Å²) in [7, 11) is 0. The molecule has 5 rings (SSSR count). The van der Waals surface area contributed by atoms with Gasteiger partial charge < -0.3 is 14.4 Å². The van der Waals surface area contributed by atoms with Crippen molar-refractivity contribution in [2.75, 3.05) is 26.3 Å². The molecule has 1 aromatic heterocycles. The van der Waals surface area contributed by atoms with Gasteiger partial charge >= 0.3 is 0 Å². The minimum absolute atomic E-state index is 0.0895. The number of fused-ring (bicyclic) bond motifs is 3. The van der Waals surface area contributed by atoms with Gasteiger partial charge in [-0.3, -0.25) is 4.79 Å². The number of halogens is 1. The highest BCUT2D eigenvalue weighted by Gasteiger charge is 2.32. The van der Waals surface area contributed by atoms with E-state index in [4.69, 9.17) is 21.1 Å². The Morgan fingerprint density at radius 2 is 1.77 bits per heavy atom. The van der Waals surface area contributed by atoms with Gasteiger partial charge in [-0.25, -0.2) is 4.98 Å². The zero-order valence-corrected chi connectivity index (χ0v) is 17.8. The first-order chi connectivity index (χ1) is 15.2. The summed E-state index contributed by atoms with van der Waals surface area (Å²) in [5.74, 6) is 0.756. The van der Waals surface area contributed by atoms with E-state index in [0.29, 0.717) is 43.6 Å². The van der Waals surface area contributed by atoms with Crippen molar-refractivity contribution < 1.29 is 14.3 Å². The first kappa shape index (κ1) is 20.0. The van der Waals surface area contributed by atoms with E-state index in [-0.39, 0.29) is 17.9 Å². The summed E-state index contributed by atoms with van der Waals surface area (Å²) in [4.78, 5) is 19.2. The molecule has 2 aromatic carbocycles. The number of amides is 1. The summed E-state index contributed by atoms with van der Waals surface area (Å²) in [5, 5.41) is 0.324. The van der Waals surface area contributed by atoms with Crippen molar-refractivity contribution >= 4 is 17.5 Å². The number of morpholine rings is 1. The second kappa shape index (κ2) is 8.69. The van der Waals surface area contributed by atoms with Gasteiger partial charge in [0.15, 0.2) is 10.9 Å². The van der Waals surface area contributed by atoms with Gasteiger partial charge in [0, 0.05) is 25.1 Å². The number of hydrogen-bond acceptors (Lipinski definition) is 4. The summed E-state index contributed by atoms with van der Waals surface area (Å²) >= 11 is 6.06. The summed E-state index contributed by atoms with van der Waals surface area (Å²) in [5.41, 5.74) is 4.93. The molecule has 0 spiro atoms. The molecule has 2 aliphatic rings. The Morgan fingerprint density at radius 3 is 2.48 bits per heavy atom. The molecule has 1 aliphatic carbocycles. The van der Waals surface area contributed by atoms with Gasteiger partial charge in [-0.15, -0.1) is 0 Å². The van der Waals surface area contributed by atoms with Crippen LogP contribution in [-0.2, 0) is 9.53 Å². The molecule has 0 saturated carbocycles. The van der Waals surface area contributed by atoms with Gasteiger partial charge in [0.25, 0.3) is 0 Å². The number of carbonyl (C=O) groups is 1. The molecule has 1 atom stereocenters. The Labute approximate surface area is 186 Å². The van der Waals surface area contributed by atoms with Crippen molar-refractivity contribution in [3.8, 4) is 16.9 Å². The lowest BCUT2D eigenvalue weighted by Gasteiger charge is -2.33. The molecule has 1 saturated heterocycles. The zero-order valence-electron chi connectivity index (χ0n) is 17.0. The Balaban J connectivity index is 1.26. The molecule has 2 heterocycles. The van der Waals surface area contributed by atoms with Crippen molar-refractivity contribution in [1.29, 1.82) is 0 Å². The number of pyridine rings is 1. The molecular weight excluding hydrogens is 412 g/mol. The van der Waals surface area contributed by atoms with Gasteiger partial charge in [0.05, 0.1) is 13.2 Å². The molecule has 0 bridgehead atoms. The smallest absolute Gasteiger partial charge is 0.223 e. The van der Waals surface area contributed by atoms with Gasteiger partial charge in [0.1, 0.15) is 12.7 Å². The number of carbonyl (C=O) groups excluding carboxylic acids is 1. The van der Waals surface area contributed by atoms with Gasteiger partial charge in [0.2, 0.25) is 5.91 Å². The highest BCUT2D eigenvalue weighted by atomic mass is 35.5. The van der Waals surface area contributed by atoms with E-state index >= 15 is 0 Å². The van der Waals surface area contributed by atoms with Crippen molar-refractivity contribution in [1.82, 2.24) is 9.88 Å². The van der Waals surface area contributed by atoms with E-state index in [1.54, 1.807) is 18.3 Å². The quantitative estimate of drug-likeness (QED) is 0.553. The van der Waals surface area contributed by atoms with Crippen LogP contribution in [0.3, 0.4) is 0 Å². The van der Waals surface area contributed by atoms with Crippen LogP contribution in [0, 0.1) is 0 Å². The highest BCUT2D eigenvalue weighted by Crippen LogP contribution is 2.46. The van der Waals surface area contributed by atoms with Crippen molar-refractivity contribution in [2.45, 2.75) is 18.4 Å². The van der Waals surface area contributed by atoms with Crippen molar-refractivity contribution in [3.05, 3.63) is 83.1 Å². The van der Waals surface area contributed by atoms with E-state index in [0.717, 1.165) is 0 Å². The zero-order chi connectivity index (χ0) is 21.2. The first-order valence-electron chi connectivity index (χ1n) is 10.5. The number of ether oxygens (including phenoxy) is 2. The third kappa shape index (κ3) is 4.03. The molecule has 1 aliphatic heterocycles. The van der Waals surface area contributed by atoms with Gasteiger partial charge in [-0.1, -0.05) is 60.1 Å². The molecular formula is C25H23ClN2O3. The van der Waals surface area contributed by atoms with E-state index in [1.165, 1.54) is 22.3 Å². The number of aromatic nitrogens is 1. The largest absolute Gasteiger partial charge is 0.488 e. The molecule has 158 valence electrons. The van der Waals surface area contributed by atoms with Crippen LogP contribution in [0.25, 0.3) is 11.1 Å². The number of nitrogens with zero attached hydrogens (tertiary/aromatic N) is 2. The van der Waals surface area contributed by atoms with E-state index in [2.05, 4.69) is 41.4 Å². The summed E-state index contributed by atoms with van der Waals surface area (Å²) < 4.78 is 11.6. The highest BCUT2D eigenvalue weighted by molar-refractivity contribution is 6.30. The standard InChI is InChI=1S/C25H23ClN2O3/c26-25-23(10-5-11-27-25)31-16-17-15-28(12-13-30-17)24(29)14-22-20-8-3-1-6-18(20)19-7-2-4-9-21(19)22/h1-11,17,22H,12-16H2. The Bertz CT molecular complexity index is 1060. The van der Waals surface area contributed by atoms with Crippen LogP contribution < -0.4 is 4.74 Å². The summed E-state index contributed by atoms with van der Waals surface area (Å²) in [6.45, 7) is 1.92. The van der Waals surface area contributed by atoms with Crippen LogP contribution in [0.2, 0.25) is 5.15 Å². The molecule has 1 fully saturated rings. The fraction of sp³-hybridized carbons (Fsp3) is 0.280. The van der Waals surface area contributed by atoms with Crippen LogP contribution in [0.1, 0.15) is 23.5 Å². The summed E-state index contributed by atoms with van der Waals surface area (Å²) in [6.07, 6.45) is 1.87. The van der Waals surface area contributed by atoms with Crippen molar-refractivity contribution in [3.63, 3.8) is 0 Å². The topological polar surface area (TPSA) is 51.7 Å². The fourth-order valence-corrected chi connectivity index (χ4v) is 4.67. The van der Waals surface area contributed by atoms with Crippen LogP contribution >= 0.6 is 11.6 Å². The van der Waals surface area contributed by atoms with Gasteiger partial charge in [-0.2, -0.15) is 0 Å². The van der Waals surface area contributed by atoms with Crippen LogP contribution in [0.4, 0.5) is 0 Å². The maximum Gasteiger partial charge on any atom is 0.223 e. The SMILES string of the molecule is O=C(CC1c2ccccc2-c2ccccc21)N1CCOC(COc2cccnc2Cl)C1. The average Bonchev–Trinajstić information content (AvgIpc) is 3.13. The minimum Gasteiger partial charge on any atom is -0.488 e. The lowest BCUT2D eigenvalue weighted by molar-refractivity contribution is -0.140.